The summed E-state index contributed by atoms with van der Waals surface area (Å²) in [5.41, 5.74) is 3.89. The zero-order valence-corrected chi connectivity index (χ0v) is 21.5. The number of hydrogen-bond donors (Lipinski definition) is 2. The van der Waals surface area contributed by atoms with Crippen molar-refractivity contribution >= 4 is 21.6 Å². The summed E-state index contributed by atoms with van der Waals surface area (Å²) in [4.78, 5) is 13.5. The lowest BCUT2D eigenvalue weighted by atomic mass is 10.1. The average Bonchev–Trinajstić information content (AvgIpc) is 3.32. The summed E-state index contributed by atoms with van der Waals surface area (Å²) in [6.07, 6.45) is 1.56. The van der Waals surface area contributed by atoms with Gasteiger partial charge in [0.25, 0.3) is 5.91 Å². The number of ether oxygens (including phenoxy) is 1. The molecule has 1 aromatic heterocycles. The molecule has 0 aliphatic carbocycles. The highest BCUT2D eigenvalue weighted by atomic mass is 32.2. The van der Waals surface area contributed by atoms with Crippen LogP contribution in [0, 0.1) is 19.7 Å². The molecule has 1 heterocycles. The Balaban J connectivity index is 1.69. The van der Waals surface area contributed by atoms with Crippen LogP contribution in [-0.2, 0) is 14.8 Å². The largest absolute Gasteiger partial charge is 0.366 e. The molecule has 10 heteroatoms. The van der Waals surface area contributed by atoms with Crippen LogP contribution >= 0.6 is 0 Å². The number of benzene rings is 3. The topological polar surface area (TPSA) is 102 Å². The lowest BCUT2D eigenvalue weighted by Crippen LogP contribution is -2.27. The van der Waals surface area contributed by atoms with Crippen LogP contribution in [0.3, 0.4) is 0 Å². The number of hydrogen-bond acceptors (Lipinski definition) is 5. The SMILES string of the molecule is CCOCNS(=O)(=O)c1cc(NC(=O)c2cn(-c3ccc(F)cc3)nc2-c2ccc(C)cc2)ccc1C. The van der Waals surface area contributed by atoms with E-state index >= 15 is 0 Å². The molecule has 8 nitrogen and oxygen atoms in total. The maximum absolute atomic E-state index is 13.4. The van der Waals surface area contributed by atoms with E-state index in [0.717, 1.165) is 11.1 Å². The average molecular weight is 523 g/mol. The molecule has 2 N–H and O–H groups in total. The maximum atomic E-state index is 13.4. The molecule has 37 heavy (non-hydrogen) atoms. The van der Waals surface area contributed by atoms with Crippen molar-refractivity contribution in [3.05, 3.63) is 95.4 Å². The predicted molar refractivity (Wildman–Crippen MR) is 140 cm³/mol. The molecule has 0 fully saturated rings. The second-order valence-corrected chi connectivity index (χ2v) is 10.1. The van der Waals surface area contributed by atoms with Crippen molar-refractivity contribution in [2.24, 2.45) is 0 Å². The minimum Gasteiger partial charge on any atom is -0.366 e. The Hall–Kier alpha value is -3.86. The fourth-order valence-electron chi connectivity index (χ4n) is 3.66. The van der Waals surface area contributed by atoms with E-state index in [2.05, 4.69) is 15.1 Å². The normalized spacial score (nSPS) is 11.5. The van der Waals surface area contributed by atoms with Gasteiger partial charge in [-0.3, -0.25) is 4.79 Å². The number of aromatic nitrogens is 2. The van der Waals surface area contributed by atoms with Crippen LogP contribution in [0.2, 0.25) is 0 Å². The molecule has 3 aromatic carbocycles. The van der Waals surface area contributed by atoms with Gasteiger partial charge < -0.3 is 10.1 Å². The fraction of sp³-hybridized carbons (Fsp3) is 0.185. The second-order valence-electron chi connectivity index (χ2n) is 8.40. The van der Waals surface area contributed by atoms with Gasteiger partial charge in [-0.2, -0.15) is 9.82 Å². The van der Waals surface area contributed by atoms with E-state index in [-0.39, 0.29) is 23.0 Å². The number of rotatable bonds is 9. The summed E-state index contributed by atoms with van der Waals surface area (Å²) in [5, 5.41) is 7.38. The first-order chi connectivity index (χ1) is 17.7. The third-order valence-electron chi connectivity index (χ3n) is 5.67. The molecule has 4 aromatic rings. The van der Waals surface area contributed by atoms with E-state index in [4.69, 9.17) is 4.74 Å². The van der Waals surface area contributed by atoms with Crippen molar-refractivity contribution in [3.8, 4) is 16.9 Å². The van der Waals surface area contributed by atoms with Crippen molar-refractivity contribution in [1.82, 2.24) is 14.5 Å². The first-order valence-electron chi connectivity index (χ1n) is 11.6. The number of halogens is 1. The van der Waals surface area contributed by atoms with Gasteiger partial charge in [-0.15, -0.1) is 0 Å². The summed E-state index contributed by atoms with van der Waals surface area (Å²) in [6, 6.07) is 18.0. The Morgan fingerprint density at radius 2 is 1.73 bits per heavy atom. The van der Waals surface area contributed by atoms with Crippen LogP contribution in [0.5, 0.6) is 0 Å². The smallest absolute Gasteiger partial charge is 0.259 e. The van der Waals surface area contributed by atoms with Gasteiger partial charge in [0.1, 0.15) is 18.2 Å². The first-order valence-corrected chi connectivity index (χ1v) is 13.1. The molecule has 0 radical (unpaired) electrons. The molecule has 4 rings (SSSR count). The van der Waals surface area contributed by atoms with Gasteiger partial charge in [0.05, 0.1) is 16.1 Å². The first kappa shape index (κ1) is 26.2. The number of carbonyl (C=O) groups is 1. The van der Waals surface area contributed by atoms with E-state index in [1.807, 2.05) is 31.2 Å². The summed E-state index contributed by atoms with van der Waals surface area (Å²) in [6.45, 7) is 5.60. The Bertz CT molecular complexity index is 1520. The molecule has 192 valence electrons. The van der Waals surface area contributed by atoms with Gasteiger partial charge in [0.15, 0.2) is 0 Å². The number of sulfonamides is 1. The number of anilines is 1. The minimum absolute atomic E-state index is 0.0331. The van der Waals surface area contributed by atoms with Gasteiger partial charge in [0.2, 0.25) is 10.0 Å². The quantitative estimate of drug-likeness (QED) is 0.242. The lowest BCUT2D eigenvalue weighted by Gasteiger charge is -2.12. The van der Waals surface area contributed by atoms with E-state index in [1.165, 1.54) is 22.9 Å². The lowest BCUT2D eigenvalue weighted by molar-refractivity contribution is 0.102. The van der Waals surface area contributed by atoms with Crippen molar-refractivity contribution in [1.29, 1.82) is 0 Å². The number of carbonyl (C=O) groups excluding carboxylic acids is 1. The van der Waals surface area contributed by atoms with Crippen LogP contribution in [-0.4, -0.2) is 37.4 Å². The van der Waals surface area contributed by atoms with Crippen molar-refractivity contribution in [3.63, 3.8) is 0 Å². The number of nitrogens with zero attached hydrogens (tertiary/aromatic N) is 2. The van der Waals surface area contributed by atoms with Gasteiger partial charge in [-0.25, -0.2) is 17.5 Å². The van der Waals surface area contributed by atoms with Crippen LogP contribution < -0.4 is 10.0 Å². The van der Waals surface area contributed by atoms with Crippen LogP contribution in [0.25, 0.3) is 16.9 Å². The molecular formula is C27H27FN4O4S. The van der Waals surface area contributed by atoms with Gasteiger partial charge in [-0.1, -0.05) is 35.9 Å². The molecule has 0 aliphatic rings. The summed E-state index contributed by atoms with van der Waals surface area (Å²) >= 11 is 0. The Kier molecular flexibility index (Phi) is 7.82. The Labute approximate surface area is 215 Å². The van der Waals surface area contributed by atoms with Gasteiger partial charge >= 0.3 is 0 Å². The van der Waals surface area contributed by atoms with Crippen molar-refractivity contribution in [2.45, 2.75) is 25.7 Å². The molecule has 0 spiro atoms. The predicted octanol–water partition coefficient (Wildman–Crippen LogP) is 4.82. The van der Waals surface area contributed by atoms with Crippen molar-refractivity contribution < 1.29 is 22.3 Å². The van der Waals surface area contributed by atoms with Crippen LogP contribution in [0.15, 0.2) is 77.8 Å². The summed E-state index contributed by atoms with van der Waals surface area (Å²) in [5.74, 6) is -0.855. The van der Waals surface area contributed by atoms with Gasteiger partial charge in [0, 0.05) is 24.1 Å². The van der Waals surface area contributed by atoms with Crippen LogP contribution in [0.4, 0.5) is 10.1 Å². The van der Waals surface area contributed by atoms with E-state index in [0.29, 0.717) is 29.2 Å². The standard InChI is InChI=1S/C27H27FN4O4S/c1-4-36-17-29-37(34,35)25-15-22(12-7-19(25)3)30-27(33)24-16-32(23-13-10-21(28)11-14-23)31-26(24)20-8-5-18(2)6-9-20/h5-16,29H,4,17H2,1-3H3,(H,30,33). The number of aryl methyl sites for hydroxylation is 2. The zero-order valence-electron chi connectivity index (χ0n) is 20.7. The number of nitrogens with one attached hydrogen (secondary N) is 2. The van der Waals surface area contributed by atoms with E-state index in [9.17, 15) is 17.6 Å². The molecule has 0 unspecified atom stereocenters. The maximum Gasteiger partial charge on any atom is 0.259 e. The molecule has 0 bridgehead atoms. The molecule has 0 aliphatic heterocycles. The number of amides is 1. The summed E-state index contributed by atoms with van der Waals surface area (Å²) < 4.78 is 47.9. The third-order valence-corrected chi connectivity index (χ3v) is 7.18. The monoisotopic (exact) mass is 522 g/mol. The molecule has 0 saturated heterocycles. The third kappa shape index (κ3) is 6.11. The highest BCUT2D eigenvalue weighted by Crippen LogP contribution is 2.26. The summed E-state index contributed by atoms with van der Waals surface area (Å²) in [7, 11) is -3.85. The molecule has 0 saturated carbocycles. The van der Waals surface area contributed by atoms with Crippen molar-refractivity contribution in [2.75, 3.05) is 18.7 Å². The minimum atomic E-state index is -3.85. The highest BCUT2D eigenvalue weighted by Gasteiger charge is 2.21. The zero-order chi connectivity index (χ0) is 26.6. The highest BCUT2D eigenvalue weighted by molar-refractivity contribution is 7.89. The molecule has 1 amide bonds. The Morgan fingerprint density at radius 3 is 2.41 bits per heavy atom. The van der Waals surface area contributed by atoms with E-state index < -0.39 is 15.9 Å². The second kappa shape index (κ2) is 11.0. The fourth-order valence-corrected chi connectivity index (χ4v) is 4.82. The Morgan fingerprint density at radius 1 is 1.03 bits per heavy atom. The molecular weight excluding hydrogens is 495 g/mol. The van der Waals surface area contributed by atoms with E-state index in [1.54, 1.807) is 44.3 Å². The van der Waals surface area contributed by atoms with Crippen LogP contribution in [0.1, 0.15) is 28.4 Å². The molecule has 0 atom stereocenters. The van der Waals surface area contributed by atoms with Gasteiger partial charge in [-0.05, 0) is 62.7 Å².